The van der Waals surface area contributed by atoms with E-state index in [4.69, 9.17) is 16.3 Å². The molecule has 2 rings (SSSR count). The maximum absolute atomic E-state index is 11.2. The largest absolute Gasteiger partial charge is 0.480 e. The van der Waals surface area contributed by atoms with E-state index in [0.717, 1.165) is 0 Å². The summed E-state index contributed by atoms with van der Waals surface area (Å²) in [5.41, 5.74) is 0. The maximum Gasteiger partial charge on any atom is 0.326 e. The summed E-state index contributed by atoms with van der Waals surface area (Å²) in [7, 11) is 1.58. The fourth-order valence-corrected chi connectivity index (χ4v) is 2.26. The van der Waals surface area contributed by atoms with Crippen molar-refractivity contribution in [3.8, 4) is 0 Å². The van der Waals surface area contributed by atoms with Crippen LogP contribution in [0.1, 0.15) is 6.42 Å². The van der Waals surface area contributed by atoms with E-state index >= 15 is 0 Å². The van der Waals surface area contributed by atoms with Crippen LogP contribution in [0.15, 0.2) is 18.3 Å². The Kier molecular flexibility index (Phi) is 3.49. The number of nitrogens with zero attached hydrogens (tertiary/aromatic N) is 2. The van der Waals surface area contributed by atoms with Crippen LogP contribution >= 0.6 is 11.6 Å². The molecule has 0 aromatic carbocycles. The first-order chi connectivity index (χ1) is 8.13. The molecule has 17 heavy (non-hydrogen) atoms. The van der Waals surface area contributed by atoms with Gasteiger partial charge in [0.25, 0.3) is 0 Å². The van der Waals surface area contributed by atoms with Crippen molar-refractivity contribution in [1.82, 2.24) is 4.98 Å². The normalized spacial score (nSPS) is 24.0. The zero-order valence-electron chi connectivity index (χ0n) is 9.34. The summed E-state index contributed by atoms with van der Waals surface area (Å²) >= 11 is 6.03. The lowest BCUT2D eigenvalue weighted by molar-refractivity contribution is -0.138. The molecule has 1 aromatic rings. The monoisotopic (exact) mass is 256 g/mol. The number of aromatic nitrogens is 1. The number of hydrogen-bond donors (Lipinski definition) is 1. The molecule has 0 spiro atoms. The molecule has 1 aromatic heterocycles. The Morgan fingerprint density at radius 2 is 2.47 bits per heavy atom. The molecule has 0 bridgehead atoms. The minimum absolute atomic E-state index is 0.103. The molecular formula is C11H13ClN2O3. The number of carboxylic acids is 1. The molecule has 2 unspecified atom stereocenters. The lowest BCUT2D eigenvalue weighted by atomic mass is 10.2. The van der Waals surface area contributed by atoms with Gasteiger partial charge in [-0.15, -0.1) is 0 Å². The minimum atomic E-state index is -0.883. The summed E-state index contributed by atoms with van der Waals surface area (Å²) < 4.78 is 5.21. The first-order valence-electron chi connectivity index (χ1n) is 5.26. The molecule has 0 radical (unpaired) electrons. The minimum Gasteiger partial charge on any atom is -0.480 e. The molecule has 0 saturated carbocycles. The second-order valence-corrected chi connectivity index (χ2v) is 4.32. The van der Waals surface area contributed by atoms with Crippen molar-refractivity contribution in [2.24, 2.45) is 0 Å². The van der Waals surface area contributed by atoms with Gasteiger partial charge in [-0.3, -0.25) is 0 Å². The van der Waals surface area contributed by atoms with Crippen molar-refractivity contribution in [2.45, 2.75) is 18.6 Å². The molecule has 1 aliphatic heterocycles. The number of aliphatic carboxylic acids is 1. The molecular weight excluding hydrogens is 244 g/mol. The summed E-state index contributed by atoms with van der Waals surface area (Å²) in [6.45, 7) is 0.490. The molecule has 0 amide bonds. The highest BCUT2D eigenvalue weighted by Gasteiger charge is 2.38. The number of carboxylic acid groups (broad SMARTS) is 1. The van der Waals surface area contributed by atoms with E-state index in [1.807, 2.05) is 0 Å². The van der Waals surface area contributed by atoms with Crippen molar-refractivity contribution in [3.05, 3.63) is 23.4 Å². The van der Waals surface area contributed by atoms with Crippen molar-refractivity contribution in [2.75, 3.05) is 18.6 Å². The van der Waals surface area contributed by atoms with Gasteiger partial charge in [-0.05, 0) is 12.1 Å². The quantitative estimate of drug-likeness (QED) is 0.886. The van der Waals surface area contributed by atoms with Crippen LogP contribution in [-0.4, -0.2) is 41.9 Å². The second kappa shape index (κ2) is 4.89. The maximum atomic E-state index is 11.2. The Balaban J connectivity index is 2.30. The van der Waals surface area contributed by atoms with Gasteiger partial charge in [-0.1, -0.05) is 11.6 Å². The smallest absolute Gasteiger partial charge is 0.326 e. The molecule has 1 saturated heterocycles. The Bertz CT molecular complexity index is 427. The number of rotatable bonds is 3. The van der Waals surface area contributed by atoms with Crippen molar-refractivity contribution in [3.63, 3.8) is 0 Å². The first-order valence-corrected chi connectivity index (χ1v) is 5.64. The first kappa shape index (κ1) is 12.1. The Labute approximate surface area is 104 Å². The van der Waals surface area contributed by atoms with E-state index in [1.54, 1.807) is 30.3 Å². The molecule has 5 nitrogen and oxygen atoms in total. The summed E-state index contributed by atoms with van der Waals surface area (Å²) in [6, 6.07) is 2.78. The van der Waals surface area contributed by atoms with Gasteiger partial charge in [-0.25, -0.2) is 9.78 Å². The number of ether oxygens (including phenoxy) is 1. The third-order valence-electron chi connectivity index (χ3n) is 2.89. The predicted octanol–water partition coefficient (Wildman–Crippen LogP) is 1.41. The molecule has 6 heteroatoms. The van der Waals surface area contributed by atoms with E-state index in [9.17, 15) is 9.90 Å². The van der Waals surface area contributed by atoms with E-state index in [0.29, 0.717) is 23.8 Å². The van der Waals surface area contributed by atoms with E-state index in [2.05, 4.69) is 4.98 Å². The second-order valence-electron chi connectivity index (χ2n) is 3.91. The summed E-state index contributed by atoms with van der Waals surface area (Å²) in [5.74, 6) is -0.382. The summed E-state index contributed by atoms with van der Waals surface area (Å²) in [5, 5.41) is 9.64. The van der Waals surface area contributed by atoms with Gasteiger partial charge in [0, 0.05) is 26.3 Å². The average molecular weight is 257 g/mol. The summed E-state index contributed by atoms with van der Waals surface area (Å²) in [6.07, 6.45) is 1.94. The van der Waals surface area contributed by atoms with Gasteiger partial charge in [0.1, 0.15) is 11.9 Å². The lowest BCUT2D eigenvalue weighted by Gasteiger charge is -2.22. The van der Waals surface area contributed by atoms with Gasteiger partial charge in [0.05, 0.1) is 11.1 Å². The lowest BCUT2D eigenvalue weighted by Crippen LogP contribution is -2.36. The SMILES string of the molecule is COC1CC(C(=O)O)N(c2ncccc2Cl)C1. The summed E-state index contributed by atoms with van der Waals surface area (Å²) in [4.78, 5) is 17.0. The highest BCUT2D eigenvalue weighted by Crippen LogP contribution is 2.30. The van der Waals surface area contributed by atoms with Gasteiger partial charge in [-0.2, -0.15) is 0 Å². The van der Waals surface area contributed by atoms with Gasteiger partial charge in [0.2, 0.25) is 0 Å². The third-order valence-corrected chi connectivity index (χ3v) is 3.19. The standard InChI is InChI=1S/C11H13ClN2O3/c1-17-7-5-9(11(15)16)14(6-7)10-8(12)3-2-4-13-10/h2-4,7,9H,5-6H2,1H3,(H,15,16). The number of methoxy groups -OCH3 is 1. The molecule has 2 heterocycles. The number of hydrogen-bond acceptors (Lipinski definition) is 4. The molecule has 2 atom stereocenters. The van der Waals surface area contributed by atoms with Crippen LogP contribution in [0.3, 0.4) is 0 Å². The highest BCUT2D eigenvalue weighted by molar-refractivity contribution is 6.33. The zero-order chi connectivity index (χ0) is 12.4. The fourth-order valence-electron chi connectivity index (χ4n) is 2.03. The molecule has 0 aliphatic carbocycles. The van der Waals surface area contributed by atoms with Crippen LogP contribution < -0.4 is 4.90 Å². The highest BCUT2D eigenvalue weighted by atomic mass is 35.5. The topological polar surface area (TPSA) is 62.7 Å². The van der Waals surface area contributed by atoms with Crippen LogP contribution in [0.2, 0.25) is 5.02 Å². The van der Waals surface area contributed by atoms with Gasteiger partial charge < -0.3 is 14.7 Å². The van der Waals surface area contributed by atoms with Crippen LogP contribution in [0, 0.1) is 0 Å². The fraction of sp³-hybridized carbons (Fsp3) is 0.455. The number of pyridine rings is 1. The number of anilines is 1. The number of halogens is 1. The zero-order valence-corrected chi connectivity index (χ0v) is 10.1. The van der Waals surface area contributed by atoms with Gasteiger partial charge >= 0.3 is 5.97 Å². The van der Waals surface area contributed by atoms with E-state index in [1.165, 1.54) is 0 Å². The Morgan fingerprint density at radius 1 is 1.71 bits per heavy atom. The molecule has 1 aliphatic rings. The van der Waals surface area contributed by atoms with Crippen molar-refractivity contribution in [1.29, 1.82) is 0 Å². The van der Waals surface area contributed by atoms with Crippen LogP contribution in [-0.2, 0) is 9.53 Å². The molecule has 1 fully saturated rings. The Hall–Kier alpha value is -1.33. The average Bonchev–Trinajstić information content (AvgIpc) is 2.73. The molecule has 1 N–H and O–H groups in total. The van der Waals surface area contributed by atoms with E-state index in [-0.39, 0.29) is 6.10 Å². The van der Waals surface area contributed by atoms with Gasteiger partial charge in [0.15, 0.2) is 0 Å². The number of carbonyl (C=O) groups is 1. The predicted molar refractivity (Wildman–Crippen MR) is 63.4 cm³/mol. The van der Waals surface area contributed by atoms with E-state index < -0.39 is 12.0 Å². The Morgan fingerprint density at radius 3 is 3.06 bits per heavy atom. The third kappa shape index (κ3) is 2.35. The van der Waals surface area contributed by atoms with Crippen molar-refractivity contribution < 1.29 is 14.6 Å². The van der Waals surface area contributed by atoms with Crippen LogP contribution in [0.5, 0.6) is 0 Å². The van der Waals surface area contributed by atoms with Crippen LogP contribution in [0.4, 0.5) is 5.82 Å². The van der Waals surface area contributed by atoms with Crippen molar-refractivity contribution >= 4 is 23.4 Å². The molecule has 92 valence electrons. The van der Waals surface area contributed by atoms with Crippen LogP contribution in [0.25, 0.3) is 0 Å².